The Kier molecular flexibility index (Phi) is 1.42. The Labute approximate surface area is 52.1 Å². The van der Waals surface area contributed by atoms with Crippen molar-refractivity contribution in [2.75, 3.05) is 19.8 Å². The minimum absolute atomic E-state index is 0.138. The number of ether oxygens (including phenoxy) is 1. The predicted octanol–water partition coefficient (Wildman–Crippen LogP) is -0.920. The number of carbonyl (C=O) groups is 1. The first-order valence-electron chi connectivity index (χ1n) is 2.63. The van der Waals surface area contributed by atoms with Gasteiger partial charge in [-0.3, -0.25) is 4.79 Å². The normalized spacial score (nSPS) is 22.8. The lowest BCUT2D eigenvalue weighted by Gasteiger charge is -2.35. The number of carboxylic acids is 1. The van der Waals surface area contributed by atoms with Crippen molar-refractivity contribution in [3.8, 4) is 0 Å². The third kappa shape index (κ3) is 0.799. The molecular weight excluding hydrogens is 124 g/mol. The summed E-state index contributed by atoms with van der Waals surface area (Å²) in [6.07, 6.45) is 0. The number of hydrogen-bond acceptors (Lipinski definition) is 3. The Morgan fingerprint density at radius 3 is 2.22 bits per heavy atom. The van der Waals surface area contributed by atoms with E-state index < -0.39 is 11.4 Å². The smallest absolute Gasteiger partial charge is 0.316 e. The molecule has 0 aromatic heterocycles. The maximum atomic E-state index is 10.3. The summed E-state index contributed by atoms with van der Waals surface area (Å²) < 4.78 is 4.65. The highest BCUT2D eigenvalue weighted by atomic mass is 16.5. The molecular formula is C5H8O4. The minimum Gasteiger partial charge on any atom is -0.481 e. The van der Waals surface area contributed by atoms with E-state index in [4.69, 9.17) is 10.2 Å². The zero-order valence-corrected chi connectivity index (χ0v) is 4.83. The summed E-state index contributed by atoms with van der Waals surface area (Å²) in [5.74, 6) is -0.976. The van der Waals surface area contributed by atoms with E-state index in [-0.39, 0.29) is 19.8 Å². The molecule has 9 heavy (non-hydrogen) atoms. The third-order valence-corrected chi connectivity index (χ3v) is 1.51. The van der Waals surface area contributed by atoms with E-state index in [0.29, 0.717) is 0 Å². The molecule has 1 heterocycles. The van der Waals surface area contributed by atoms with Crippen molar-refractivity contribution in [1.29, 1.82) is 0 Å². The van der Waals surface area contributed by atoms with Crippen LogP contribution in [0.15, 0.2) is 0 Å². The molecule has 0 aromatic rings. The Balaban J connectivity index is 2.57. The summed E-state index contributed by atoms with van der Waals surface area (Å²) in [7, 11) is 0. The Morgan fingerprint density at radius 2 is 2.22 bits per heavy atom. The van der Waals surface area contributed by atoms with Gasteiger partial charge in [-0.1, -0.05) is 0 Å². The fourth-order valence-electron chi connectivity index (χ4n) is 0.631. The average Bonchev–Trinajstić information content (AvgIpc) is 1.62. The van der Waals surface area contributed by atoms with Gasteiger partial charge >= 0.3 is 5.97 Å². The fourth-order valence-corrected chi connectivity index (χ4v) is 0.631. The molecule has 0 spiro atoms. The van der Waals surface area contributed by atoms with Crippen LogP contribution in [-0.2, 0) is 9.53 Å². The fraction of sp³-hybridized carbons (Fsp3) is 0.800. The maximum absolute atomic E-state index is 10.3. The van der Waals surface area contributed by atoms with Gasteiger partial charge in [0.15, 0.2) is 0 Å². The van der Waals surface area contributed by atoms with Crippen molar-refractivity contribution in [3.63, 3.8) is 0 Å². The largest absolute Gasteiger partial charge is 0.481 e. The molecule has 0 saturated carbocycles. The summed E-state index contributed by atoms with van der Waals surface area (Å²) in [6.45, 7) is -0.0556. The SMILES string of the molecule is O=C(O)C1(CO)COC1. The molecule has 1 fully saturated rings. The lowest BCUT2D eigenvalue weighted by Crippen LogP contribution is -2.51. The van der Waals surface area contributed by atoms with Gasteiger partial charge in [-0.15, -0.1) is 0 Å². The van der Waals surface area contributed by atoms with Crippen LogP contribution >= 0.6 is 0 Å². The third-order valence-electron chi connectivity index (χ3n) is 1.51. The molecule has 52 valence electrons. The zero-order valence-electron chi connectivity index (χ0n) is 4.83. The number of hydrogen-bond donors (Lipinski definition) is 2. The highest BCUT2D eigenvalue weighted by Gasteiger charge is 2.45. The first-order valence-corrected chi connectivity index (χ1v) is 2.63. The first-order chi connectivity index (χ1) is 4.21. The molecule has 0 unspecified atom stereocenters. The molecule has 0 atom stereocenters. The van der Waals surface area contributed by atoms with Crippen molar-refractivity contribution >= 4 is 5.97 Å². The van der Waals surface area contributed by atoms with Crippen LogP contribution in [0.5, 0.6) is 0 Å². The van der Waals surface area contributed by atoms with E-state index in [1.807, 2.05) is 0 Å². The van der Waals surface area contributed by atoms with Gasteiger partial charge in [0.2, 0.25) is 0 Å². The quantitative estimate of drug-likeness (QED) is 0.510. The number of rotatable bonds is 2. The summed E-state index contributed by atoms with van der Waals surface area (Å²) in [5, 5.41) is 17.0. The van der Waals surface area contributed by atoms with Crippen LogP contribution in [0.1, 0.15) is 0 Å². The second kappa shape index (κ2) is 1.97. The molecule has 0 radical (unpaired) electrons. The lowest BCUT2D eigenvalue weighted by atomic mass is 9.87. The first kappa shape index (κ1) is 6.51. The topological polar surface area (TPSA) is 66.8 Å². The molecule has 2 N–H and O–H groups in total. The van der Waals surface area contributed by atoms with Crippen LogP contribution in [-0.4, -0.2) is 36.0 Å². The van der Waals surface area contributed by atoms with Gasteiger partial charge in [0.1, 0.15) is 5.41 Å². The molecule has 1 aliphatic heterocycles. The van der Waals surface area contributed by atoms with E-state index in [9.17, 15) is 4.79 Å². The molecule has 1 aliphatic rings. The summed E-state index contributed by atoms with van der Waals surface area (Å²) in [6, 6.07) is 0. The number of aliphatic hydroxyl groups excluding tert-OH is 1. The Morgan fingerprint density at radius 1 is 1.67 bits per heavy atom. The van der Waals surface area contributed by atoms with Crippen LogP contribution < -0.4 is 0 Å². The molecule has 0 amide bonds. The van der Waals surface area contributed by atoms with Gasteiger partial charge in [-0.2, -0.15) is 0 Å². The van der Waals surface area contributed by atoms with Gasteiger partial charge in [0.05, 0.1) is 19.8 Å². The van der Waals surface area contributed by atoms with Crippen LogP contribution in [0.3, 0.4) is 0 Å². The second-order valence-electron chi connectivity index (χ2n) is 2.24. The van der Waals surface area contributed by atoms with Crippen LogP contribution in [0.2, 0.25) is 0 Å². The van der Waals surface area contributed by atoms with Crippen molar-refractivity contribution in [2.24, 2.45) is 5.41 Å². The minimum atomic E-state index is -0.986. The molecule has 1 rings (SSSR count). The number of aliphatic hydroxyl groups is 1. The highest BCUT2D eigenvalue weighted by Crippen LogP contribution is 2.26. The van der Waals surface area contributed by atoms with Gasteiger partial charge in [-0.05, 0) is 0 Å². The molecule has 0 aliphatic carbocycles. The van der Waals surface area contributed by atoms with Crippen molar-refractivity contribution in [3.05, 3.63) is 0 Å². The van der Waals surface area contributed by atoms with Crippen molar-refractivity contribution < 1.29 is 19.7 Å². The summed E-state index contributed by atoms with van der Waals surface area (Å²) >= 11 is 0. The predicted molar refractivity (Wildman–Crippen MR) is 28.0 cm³/mol. The van der Waals surface area contributed by atoms with Gasteiger partial charge in [0, 0.05) is 0 Å². The standard InChI is InChI=1S/C5H8O4/c6-1-5(4(7)8)2-9-3-5/h6H,1-3H2,(H,7,8). The molecule has 1 saturated heterocycles. The highest BCUT2D eigenvalue weighted by molar-refractivity contribution is 5.76. The van der Waals surface area contributed by atoms with E-state index in [1.54, 1.807) is 0 Å². The Hall–Kier alpha value is -0.610. The van der Waals surface area contributed by atoms with E-state index in [1.165, 1.54) is 0 Å². The molecule has 4 heteroatoms. The van der Waals surface area contributed by atoms with Crippen LogP contribution in [0.4, 0.5) is 0 Å². The van der Waals surface area contributed by atoms with Crippen molar-refractivity contribution in [2.45, 2.75) is 0 Å². The van der Waals surface area contributed by atoms with Crippen LogP contribution in [0, 0.1) is 5.41 Å². The summed E-state index contributed by atoms with van der Waals surface area (Å²) in [5.41, 5.74) is -0.986. The van der Waals surface area contributed by atoms with E-state index in [0.717, 1.165) is 0 Å². The molecule has 4 nitrogen and oxygen atoms in total. The van der Waals surface area contributed by atoms with Gasteiger partial charge in [-0.25, -0.2) is 0 Å². The lowest BCUT2D eigenvalue weighted by molar-refractivity contribution is -0.187. The zero-order chi connectivity index (χ0) is 6.91. The number of carboxylic acid groups (broad SMARTS) is 1. The average molecular weight is 132 g/mol. The second-order valence-corrected chi connectivity index (χ2v) is 2.24. The van der Waals surface area contributed by atoms with E-state index >= 15 is 0 Å². The van der Waals surface area contributed by atoms with Crippen molar-refractivity contribution in [1.82, 2.24) is 0 Å². The van der Waals surface area contributed by atoms with E-state index in [2.05, 4.69) is 4.74 Å². The Bertz CT molecular complexity index is 121. The monoisotopic (exact) mass is 132 g/mol. The molecule has 0 bridgehead atoms. The number of aliphatic carboxylic acids is 1. The summed E-state index contributed by atoms with van der Waals surface area (Å²) in [4.78, 5) is 10.3. The van der Waals surface area contributed by atoms with Crippen LogP contribution in [0.25, 0.3) is 0 Å². The van der Waals surface area contributed by atoms with Gasteiger partial charge < -0.3 is 14.9 Å². The maximum Gasteiger partial charge on any atom is 0.316 e. The van der Waals surface area contributed by atoms with Gasteiger partial charge in [0.25, 0.3) is 0 Å². The molecule has 0 aromatic carbocycles.